The number of benzene rings is 1. The molecule has 146 valence electrons. The van der Waals surface area contributed by atoms with Crippen LogP contribution >= 0.6 is 11.6 Å². The van der Waals surface area contributed by atoms with Crippen molar-refractivity contribution in [3.05, 3.63) is 29.3 Å². The summed E-state index contributed by atoms with van der Waals surface area (Å²) in [6, 6.07) is 7.31. The van der Waals surface area contributed by atoms with Gasteiger partial charge in [0.05, 0.1) is 23.2 Å². The van der Waals surface area contributed by atoms with Gasteiger partial charge in [-0.1, -0.05) is 23.7 Å². The Bertz CT molecular complexity index is 733. The summed E-state index contributed by atoms with van der Waals surface area (Å²) in [5.41, 5.74) is 0.647. The Morgan fingerprint density at radius 2 is 1.93 bits per heavy atom. The van der Waals surface area contributed by atoms with Gasteiger partial charge in [0.2, 0.25) is 11.8 Å². The second-order valence-electron chi connectivity index (χ2n) is 7.22. The van der Waals surface area contributed by atoms with E-state index in [9.17, 15) is 14.4 Å². The lowest BCUT2D eigenvalue weighted by Crippen LogP contribution is -2.48. The molecule has 2 aliphatic heterocycles. The van der Waals surface area contributed by atoms with E-state index in [2.05, 4.69) is 0 Å². The number of likely N-dealkylation sites (tertiary alicyclic amines) is 1. The maximum Gasteiger partial charge on any atom is 0.317 e. The molecule has 0 aliphatic carbocycles. The molecule has 1 atom stereocenters. The number of likely N-dealkylation sites (N-methyl/N-ethyl adjacent to an activating group) is 1. The lowest BCUT2D eigenvalue weighted by molar-refractivity contribution is -0.140. The Morgan fingerprint density at radius 3 is 2.56 bits per heavy atom. The van der Waals surface area contributed by atoms with E-state index in [1.54, 1.807) is 35.0 Å². The number of halogens is 1. The first-order valence-corrected chi connectivity index (χ1v) is 9.50. The fourth-order valence-electron chi connectivity index (χ4n) is 3.90. The smallest absolute Gasteiger partial charge is 0.317 e. The number of piperidine rings is 1. The normalized spacial score (nSPS) is 21.1. The van der Waals surface area contributed by atoms with Crippen molar-refractivity contribution >= 4 is 35.1 Å². The van der Waals surface area contributed by atoms with E-state index < -0.39 is 5.97 Å². The van der Waals surface area contributed by atoms with Gasteiger partial charge in [-0.15, -0.1) is 0 Å². The van der Waals surface area contributed by atoms with E-state index in [1.807, 2.05) is 11.0 Å². The molecule has 2 fully saturated rings. The highest BCUT2D eigenvalue weighted by Gasteiger charge is 2.38. The third kappa shape index (κ3) is 4.42. The molecule has 1 aromatic carbocycles. The molecule has 0 saturated carbocycles. The van der Waals surface area contributed by atoms with Gasteiger partial charge in [0.15, 0.2) is 0 Å². The predicted molar refractivity (Wildman–Crippen MR) is 102 cm³/mol. The molecule has 2 amide bonds. The van der Waals surface area contributed by atoms with E-state index in [-0.39, 0.29) is 36.7 Å². The first-order valence-electron chi connectivity index (χ1n) is 9.12. The highest BCUT2D eigenvalue weighted by molar-refractivity contribution is 6.33. The van der Waals surface area contributed by atoms with Crippen molar-refractivity contribution in [2.24, 2.45) is 5.92 Å². The number of para-hydroxylation sites is 1. The Kier molecular flexibility index (Phi) is 6.01. The number of carbonyl (C=O) groups is 3. The third-order valence-corrected chi connectivity index (χ3v) is 5.72. The van der Waals surface area contributed by atoms with Crippen molar-refractivity contribution in [1.29, 1.82) is 0 Å². The monoisotopic (exact) mass is 393 g/mol. The van der Waals surface area contributed by atoms with Crippen LogP contribution in [0, 0.1) is 5.92 Å². The molecule has 1 N–H and O–H groups in total. The molecular weight excluding hydrogens is 370 g/mol. The van der Waals surface area contributed by atoms with E-state index in [4.69, 9.17) is 16.7 Å². The number of carbonyl (C=O) groups excluding carboxylic acids is 2. The largest absolute Gasteiger partial charge is 0.480 e. The molecule has 27 heavy (non-hydrogen) atoms. The average molecular weight is 394 g/mol. The van der Waals surface area contributed by atoms with E-state index in [1.165, 1.54) is 0 Å². The standard InChI is InChI=1S/C19H24ClN3O4/c1-21(12-18(25)26)14-6-8-22(9-7-14)19(27)13-10-17(24)23(11-13)16-5-3-2-4-15(16)20/h2-5,13-14H,6-12H2,1H3,(H,25,26). The summed E-state index contributed by atoms with van der Waals surface area (Å²) in [6.07, 6.45) is 1.68. The van der Waals surface area contributed by atoms with Crippen molar-refractivity contribution in [1.82, 2.24) is 9.80 Å². The van der Waals surface area contributed by atoms with Crippen molar-refractivity contribution in [2.75, 3.05) is 38.1 Å². The van der Waals surface area contributed by atoms with Crippen LogP contribution in [0.1, 0.15) is 19.3 Å². The minimum atomic E-state index is -0.847. The fourth-order valence-corrected chi connectivity index (χ4v) is 4.14. The Morgan fingerprint density at radius 1 is 1.26 bits per heavy atom. The van der Waals surface area contributed by atoms with Crippen molar-refractivity contribution < 1.29 is 19.5 Å². The Hall–Kier alpha value is -2.12. The SMILES string of the molecule is CN(CC(=O)O)C1CCN(C(=O)C2CC(=O)N(c3ccccc3Cl)C2)CC1. The third-order valence-electron chi connectivity index (χ3n) is 5.40. The van der Waals surface area contributed by atoms with E-state index >= 15 is 0 Å². The lowest BCUT2D eigenvalue weighted by atomic mass is 10.0. The van der Waals surface area contributed by atoms with Crippen LogP contribution in [0.5, 0.6) is 0 Å². The highest BCUT2D eigenvalue weighted by Crippen LogP contribution is 2.32. The summed E-state index contributed by atoms with van der Waals surface area (Å²) in [6.45, 7) is 1.53. The Balaban J connectivity index is 1.57. The van der Waals surface area contributed by atoms with Crippen LogP contribution in [0.4, 0.5) is 5.69 Å². The highest BCUT2D eigenvalue weighted by atomic mass is 35.5. The number of hydrogen-bond donors (Lipinski definition) is 1. The quantitative estimate of drug-likeness (QED) is 0.823. The average Bonchev–Trinajstić information content (AvgIpc) is 3.02. The number of rotatable bonds is 5. The van der Waals surface area contributed by atoms with Crippen molar-refractivity contribution in [2.45, 2.75) is 25.3 Å². The van der Waals surface area contributed by atoms with Crippen molar-refractivity contribution in [3.63, 3.8) is 0 Å². The van der Waals surface area contributed by atoms with Crippen LogP contribution in [0.25, 0.3) is 0 Å². The summed E-state index contributed by atoms with van der Waals surface area (Å²) in [5.74, 6) is -1.29. The summed E-state index contributed by atoms with van der Waals surface area (Å²) in [5, 5.41) is 9.41. The van der Waals surface area contributed by atoms with Gasteiger partial charge < -0.3 is 14.9 Å². The van der Waals surface area contributed by atoms with Gasteiger partial charge in [-0.05, 0) is 32.0 Å². The summed E-state index contributed by atoms with van der Waals surface area (Å²) < 4.78 is 0. The molecule has 0 bridgehead atoms. The number of anilines is 1. The summed E-state index contributed by atoms with van der Waals surface area (Å²) >= 11 is 6.19. The second-order valence-corrected chi connectivity index (χ2v) is 7.63. The zero-order chi connectivity index (χ0) is 19.6. The molecule has 3 rings (SSSR count). The van der Waals surface area contributed by atoms with Gasteiger partial charge in [0.1, 0.15) is 0 Å². The molecule has 2 heterocycles. The minimum absolute atomic E-state index is 0.00251. The van der Waals surface area contributed by atoms with Crippen LogP contribution in [0.15, 0.2) is 24.3 Å². The number of hydrogen-bond acceptors (Lipinski definition) is 4. The predicted octanol–water partition coefficient (Wildman–Crippen LogP) is 1.70. The molecule has 8 heteroatoms. The van der Waals surface area contributed by atoms with Gasteiger partial charge >= 0.3 is 5.97 Å². The van der Waals surface area contributed by atoms with Crippen LogP contribution < -0.4 is 4.90 Å². The number of aliphatic carboxylic acids is 1. The number of nitrogens with zero attached hydrogens (tertiary/aromatic N) is 3. The van der Waals surface area contributed by atoms with Crippen LogP contribution in [0.3, 0.4) is 0 Å². The molecule has 1 unspecified atom stereocenters. The van der Waals surface area contributed by atoms with Gasteiger partial charge in [-0.2, -0.15) is 0 Å². The summed E-state index contributed by atoms with van der Waals surface area (Å²) in [4.78, 5) is 41.3. The molecule has 1 aromatic rings. The minimum Gasteiger partial charge on any atom is -0.480 e. The molecule has 0 spiro atoms. The first kappa shape index (κ1) is 19.6. The molecule has 7 nitrogen and oxygen atoms in total. The number of carboxylic acids is 1. The zero-order valence-corrected chi connectivity index (χ0v) is 16.1. The maximum atomic E-state index is 12.9. The van der Waals surface area contributed by atoms with Gasteiger partial charge in [-0.3, -0.25) is 19.3 Å². The fraction of sp³-hybridized carbons (Fsp3) is 0.526. The molecular formula is C19H24ClN3O4. The number of carboxylic acid groups (broad SMARTS) is 1. The number of amides is 2. The second kappa shape index (κ2) is 8.27. The molecule has 0 aromatic heterocycles. The van der Waals surface area contributed by atoms with E-state index in [0.29, 0.717) is 30.3 Å². The summed E-state index contributed by atoms with van der Waals surface area (Å²) in [7, 11) is 1.80. The first-order chi connectivity index (χ1) is 12.9. The topological polar surface area (TPSA) is 81.2 Å². The molecule has 2 aliphatic rings. The van der Waals surface area contributed by atoms with Crippen LogP contribution in [0.2, 0.25) is 5.02 Å². The lowest BCUT2D eigenvalue weighted by Gasteiger charge is -2.37. The van der Waals surface area contributed by atoms with Crippen LogP contribution in [-0.4, -0.2) is 72.0 Å². The van der Waals surface area contributed by atoms with Crippen LogP contribution in [-0.2, 0) is 14.4 Å². The zero-order valence-electron chi connectivity index (χ0n) is 15.3. The van der Waals surface area contributed by atoms with Crippen molar-refractivity contribution in [3.8, 4) is 0 Å². The van der Waals surface area contributed by atoms with E-state index in [0.717, 1.165) is 12.8 Å². The van der Waals surface area contributed by atoms with Gasteiger partial charge in [0, 0.05) is 32.1 Å². The maximum absolute atomic E-state index is 12.9. The molecule has 0 radical (unpaired) electrons. The molecule has 2 saturated heterocycles. The van der Waals surface area contributed by atoms with Gasteiger partial charge in [-0.25, -0.2) is 0 Å². The Labute approximate surface area is 163 Å². The van der Waals surface area contributed by atoms with Gasteiger partial charge in [0.25, 0.3) is 0 Å².